The maximum absolute atomic E-state index is 11.7. The van der Waals surface area contributed by atoms with E-state index in [1.54, 1.807) is 24.9 Å². The molecule has 0 aliphatic rings. The molecule has 0 aliphatic heterocycles. The molecular formula is C13H17N5O. The smallest absolute Gasteiger partial charge is 0.224 e. The van der Waals surface area contributed by atoms with Crippen LogP contribution in [-0.2, 0) is 17.8 Å². The van der Waals surface area contributed by atoms with E-state index in [1.165, 1.54) is 0 Å². The fourth-order valence-electron chi connectivity index (χ4n) is 1.67. The molecule has 0 saturated carbocycles. The largest absolute Gasteiger partial charge is 0.337 e. The number of nitrogens with one attached hydrogen (secondary N) is 1. The van der Waals surface area contributed by atoms with Crippen LogP contribution in [0, 0.1) is 0 Å². The van der Waals surface area contributed by atoms with Crippen molar-refractivity contribution in [3.63, 3.8) is 0 Å². The van der Waals surface area contributed by atoms with Gasteiger partial charge in [0.2, 0.25) is 5.91 Å². The Morgan fingerprint density at radius 1 is 1.37 bits per heavy atom. The van der Waals surface area contributed by atoms with Crippen molar-refractivity contribution in [1.29, 1.82) is 0 Å². The molecule has 0 spiro atoms. The van der Waals surface area contributed by atoms with E-state index >= 15 is 0 Å². The topological polar surface area (TPSA) is 72.7 Å². The van der Waals surface area contributed by atoms with Crippen LogP contribution in [0.4, 0.5) is 5.69 Å². The van der Waals surface area contributed by atoms with E-state index in [2.05, 4.69) is 20.3 Å². The van der Waals surface area contributed by atoms with Crippen LogP contribution in [0.3, 0.4) is 0 Å². The summed E-state index contributed by atoms with van der Waals surface area (Å²) in [5, 5.41) is 2.78. The molecule has 0 radical (unpaired) electrons. The lowest BCUT2D eigenvalue weighted by Crippen LogP contribution is -2.13. The first-order valence-corrected chi connectivity index (χ1v) is 6.34. The first-order chi connectivity index (χ1) is 9.28. The summed E-state index contributed by atoms with van der Waals surface area (Å²) in [6.07, 6.45) is 10.7. The number of imidazole rings is 1. The molecule has 2 rings (SSSR count). The molecule has 2 aromatic rings. The van der Waals surface area contributed by atoms with E-state index in [0.717, 1.165) is 25.2 Å². The Balaban J connectivity index is 1.74. The molecule has 0 aliphatic carbocycles. The van der Waals surface area contributed by atoms with Gasteiger partial charge < -0.3 is 9.88 Å². The normalized spacial score (nSPS) is 10.4. The summed E-state index contributed by atoms with van der Waals surface area (Å²) < 4.78 is 1.95. The second kappa shape index (κ2) is 6.63. The molecular weight excluding hydrogens is 242 g/mol. The van der Waals surface area contributed by atoms with Crippen molar-refractivity contribution in [2.75, 3.05) is 5.32 Å². The Labute approximate surface area is 111 Å². The van der Waals surface area contributed by atoms with Gasteiger partial charge in [0.1, 0.15) is 5.82 Å². The second-order valence-electron chi connectivity index (χ2n) is 4.19. The monoisotopic (exact) mass is 259 g/mol. The van der Waals surface area contributed by atoms with Crippen molar-refractivity contribution in [2.24, 2.45) is 0 Å². The third-order valence-electron chi connectivity index (χ3n) is 2.68. The molecule has 1 amide bonds. The Kier molecular flexibility index (Phi) is 4.60. The number of aryl methyl sites for hydroxylation is 2. The molecule has 0 bridgehead atoms. The summed E-state index contributed by atoms with van der Waals surface area (Å²) in [6.45, 7) is 2.78. The molecule has 0 fully saturated rings. The maximum atomic E-state index is 11.7. The number of aromatic nitrogens is 4. The highest BCUT2D eigenvalue weighted by atomic mass is 16.1. The van der Waals surface area contributed by atoms with Gasteiger partial charge in [-0.25, -0.2) is 15.0 Å². The van der Waals surface area contributed by atoms with Gasteiger partial charge in [-0.1, -0.05) is 6.92 Å². The van der Waals surface area contributed by atoms with E-state index in [1.807, 2.05) is 17.7 Å². The van der Waals surface area contributed by atoms with Crippen LogP contribution in [0.5, 0.6) is 0 Å². The number of nitrogens with zero attached hydrogens (tertiary/aromatic N) is 4. The molecule has 6 nitrogen and oxygen atoms in total. The van der Waals surface area contributed by atoms with E-state index in [0.29, 0.717) is 12.1 Å². The van der Waals surface area contributed by atoms with E-state index in [9.17, 15) is 4.79 Å². The van der Waals surface area contributed by atoms with Crippen molar-refractivity contribution >= 4 is 11.6 Å². The summed E-state index contributed by atoms with van der Waals surface area (Å²) in [5.74, 6) is 0.756. The molecule has 6 heteroatoms. The fraction of sp³-hybridized carbons (Fsp3) is 0.385. The zero-order chi connectivity index (χ0) is 13.5. The van der Waals surface area contributed by atoms with Crippen LogP contribution in [0.25, 0.3) is 0 Å². The van der Waals surface area contributed by atoms with Gasteiger partial charge >= 0.3 is 0 Å². The molecule has 1 N–H and O–H groups in total. The molecule has 2 aromatic heterocycles. The zero-order valence-electron chi connectivity index (χ0n) is 10.9. The first kappa shape index (κ1) is 13.2. The van der Waals surface area contributed by atoms with Crippen LogP contribution in [0.2, 0.25) is 0 Å². The van der Waals surface area contributed by atoms with Gasteiger partial charge in [-0.05, 0) is 6.42 Å². The van der Waals surface area contributed by atoms with Gasteiger partial charge in [-0.3, -0.25) is 4.79 Å². The van der Waals surface area contributed by atoms with Gasteiger partial charge in [0.15, 0.2) is 0 Å². The van der Waals surface area contributed by atoms with Gasteiger partial charge in [0.05, 0.1) is 24.4 Å². The molecule has 0 atom stereocenters. The zero-order valence-corrected chi connectivity index (χ0v) is 10.9. The molecule has 0 aromatic carbocycles. The van der Waals surface area contributed by atoms with Gasteiger partial charge in [-0.15, -0.1) is 0 Å². The van der Waals surface area contributed by atoms with E-state index in [4.69, 9.17) is 0 Å². The highest BCUT2D eigenvalue weighted by Crippen LogP contribution is 2.05. The van der Waals surface area contributed by atoms with Crippen molar-refractivity contribution < 1.29 is 4.79 Å². The van der Waals surface area contributed by atoms with Crippen molar-refractivity contribution in [3.8, 4) is 0 Å². The summed E-state index contributed by atoms with van der Waals surface area (Å²) in [5.41, 5.74) is 0.643. The van der Waals surface area contributed by atoms with Gasteiger partial charge in [-0.2, -0.15) is 0 Å². The number of hydrogen-bond donors (Lipinski definition) is 1. The first-order valence-electron chi connectivity index (χ1n) is 6.34. The van der Waals surface area contributed by atoms with Crippen LogP contribution in [0.1, 0.15) is 25.6 Å². The van der Waals surface area contributed by atoms with Gasteiger partial charge in [0, 0.05) is 31.8 Å². The minimum Gasteiger partial charge on any atom is -0.337 e. The van der Waals surface area contributed by atoms with Crippen LogP contribution < -0.4 is 5.32 Å². The number of hydrogen-bond acceptors (Lipinski definition) is 4. The summed E-state index contributed by atoms with van der Waals surface area (Å²) >= 11 is 0. The Hall–Kier alpha value is -2.24. The average molecular weight is 259 g/mol. The Morgan fingerprint density at radius 2 is 2.16 bits per heavy atom. The predicted octanol–water partition coefficient (Wildman–Crippen LogP) is 1.65. The lowest BCUT2D eigenvalue weighted by atomic mass is 10.3. The molecule has 0 saturated heterocycles. The lowest BCUT2D eigenvalue weighted by Gasteiger charge is -2.05. The van der Waals surface area contributed by atoms with Crippen LogP contribution >= 0.6 is 0 Å². The third-order valence-corrected chi connectivity index (χ3v) is 2.68. The minimum absolute atomic E-state index is 0.0204. The van der Waals surface area contributed by atoms with Gasteiger partial charge in [0.25, 0.3) is 0 Å². The SMILES string of the molecule is CCc1ncc(NC(=O)CCCn2ccnc2)cn1. The molecule has 100 valence electrons. The number of carbonyl (C=O) groups excluding carboxylic acids is 1. The van der Waals surface area contributed by atoms with E-state index in [-0.39, 0.29) is 5.91 Å². The van der Waals surface area contributed by atoms with E-state index < -0.39 is 0 Å². The van der Waals surface area contributed by atoms with Crippen LogP contribution in [-0.4, -0.2) is 25.4 Å². The van der Waals surface area contributed by atoms with Crippen molar-refractivity contribution in [2.45, 2.75) is 32.7 Å². The summed E-state index contributed by atoms with van der Waals surface area (Å²) in [7, 11) is 0. The molecule has 2 heterocycles. The fourth-order valence-corrected chi connectivity index (χ4v) is 1.67. The van der Waals surface area contributed by atoms with Crippen molar-refractivity contribution in [3.05, 3.63) is 36.9 Å². The number of carbonyl (C=O) groups is 1. The number of amides is 1. The second-order valence-corrected chi connectivity index (χ2v) is 4.19. The molecule has 0 unspecified atom stereocenters. The average Bonchev–Trinajstić information content (AvgIpc) is 2.93. The quantitative estimate of drug-likeness (QED) is 0.856. The standard InChI is InChI=1S/C13H17N5O/c1-2-12-15-8-11(9-16-12)17-13(19)4-3-6-18-7-5-14-10-18/h5,7-10H,2-4,6H2,1H3,(H,17,19). The lowest BCUT2D eigenvalue weighted by molar-refractivity contribution is -0.116. The predicted molar refractivity (Wildman–Crippen MR) is 71.5 cm³/mol. The minimum atomic E-state index is -0.0204. The summed E-state index contributed by atoms with van der Waals surface area (Å²) in [4.78, 5) is 23.9. The summed E-state index contributed by atoms with van der Waals surface area (Å²) in [6, 6.07) is 0. The highest BCUT2D eigenvalue weighted by molar-refractivity contribution is 5.90. The Bertz CT molecular complexity index is 506. The molecule has 19 heavy (non-hydrogen) atoms. The van der Waals surface area contributed by atoms with Crippen LogP contribution in [0.15, 0.2) is 31.1 Å². The third kappa shape index (κ3) is 4.17. The number of anilines is 1. The maximum Gasteiger partial charge on any atom is 0.224 e. The number of rotatable bonds is 6. The Morgan fingerprint density at radius 3 is 2.79 bits per heavy atom. The highest BCUT2D eigenvalue weighted by Gasteiger charge is 2.03. The van der Waals surface area contributed by atoms with Crippen molar-refractivity contribution in [1.82, 2.24) is 19.5 Å².